The van der Waals surface area contributed by atoms with Crippen molar-refractivity contribution in [2.45, 2.75) is 70.6 Å². The molecule has 0 radical (unpaired) electrons. The quantitative estimate of drug-likeness (QED) is 0.601. The number of likely N-dealkylation sites (N-methyl/N-ethyl adjacent to an activating group) is 1. The van der Waals surface area contributed by atoms with Crippen LogP contribution in [0.3, 0.4) is 0 Å². The lowest BCUT2D eigenvalue weighted by Gasteiger charge is -2.46. The van der Waals surface area contributed by atoms with Crippen LogP contribution in [0.4, 0.5) is 0 Å². The van der Waals surface area contributed by atoms with Gasteiger partial charge < -0.3 is 24.7 Å². The normalized spacial score (nSPS) is 29.0. The number of rotatable bonds is 10. The molecule has 3 rings (SSSR count). The van der Waals surface area contributed by atoms with Crippen molar-refractivity contribution in [2.24, 2.45) is 17.8 Å². The molecule has 0 bridgehead atoms. The summed E-state index contributed by atoms with van der Waals surface area (Å²) in [7, 11) is 2.22. The minimum absolute atomic E-state index is 0.195. The molecule has 1 aromatic heterocycles. The van der Waals surface area contributed by atoms with E-state index in [2.05, 4.69) is 41.1 Å². The van der Waals surface area contributed by atoms with E-state index in [9.17, 15) is 4.79 Å². The van der Waals surface area contributed by atoms with Crippen molar-refractivity contribution < 1.29 is 9.53 Å². The van der Waals surface area contributed by atoms with E-state index in [4.69, 9.17) is 4.74 Å². The first-order chi connectivity index (χ1) is 13.5. The highest BCUT2D eigenvalue weighted by Gasteiger charge is 2.40. The Morgan fingerprint density at radius 2 is 2.21 bits per heavy atom. The summed E-state index contributed by atoms with van der Waals surface area (Å²) in [4.78, 5) is 21.0. The van der Waals surface area contributed by atoms with Gasteiger partial charge in [0.1, 0.15) is 6.29 Å². The van der Waals surface area contributed by atoms with Crippen molar-refractivity contribution in [1.29, 1.82) is 0 Å². The first-order valence-electron chi connectivity index (χ1n) is 11.0. The monoisotopic (exact) mass is 390 g/mol. The number of nitrogens with one attached hydrogen (secondary N) is 2. The van der Waals surface area contributed by atoms with Crippen molar-refractivity contribution in [3.8, 4) is 0 Å². The van der Waals surface area contributed by atoms with E-state index in [0.29, 0.717) is 24.4 Å². The number of hydrogen-bond donors (Lipinski definition) is 2. The van der Waals surface area contributed by atoms with Crippen molar-refractivity contribution >= 4 is 6.29 Å². The predicted octanol–water partition coefficient (Wildman–Crippen LogP) is 2.66. The van der Waals surface area contributed by atoms with Crippen LogP contribution >= 0.6 is 0 Å². The molecule has 158 valence electrons. The Morgan fingerprint density at radius 1 is 1.39 bits per heavy atom. The van der Waals surface area contributed by atoms with Crippen LogP contribution < -0.4 is 5.32 Å². The highest BCUT2D eigenvalue weighted by molar-refractivity contribution is 5.58. The lowest BCUT2D eigenvalue weighted by Crippen LogP contribution is -2.51. The third-order valence-corrected chi connectivity index (χ3v) is 6.31. The van der Waals surface area contributed by atoms with Crippen LogP contribution in [0.1, 0.15) is 51.6 Å². The number of ether oxygens (including phenoxy) is 1. The fourth-order valence-electron chi connectivity index (χ4n) is 5.16. The minimum Gasteiger partial charge on any atom is -0.372 e. The highest BCUT2D eigenvalue weighted by atomic mass is 16.5. The van der Waals surface area contributed by atoms with Gasteiger partial charge in [-0.05, 0) is 44.1 Å². The number of nitrogens with zero attached hydrogens (tertiary/aromatic N) is 2. The molecule has 2 aliphatic rings. The number of H-pyrrole nitrogens is 1. The first-order valence-corrected chi connectivity index (χ1v) is 11.0. The topological polar surface area (TPSA) is 70.2 Å². The Morgan fingerprint density at radius 3 is 2.93 bits per heavy atom. The summed E-state index contributed by atoms with van der Waals surface area (Å²) >= 11 is 0. The van der Waals surface area contributed by atoms with E-state index in [1.54, 1.807) is 12.5 Å². The van der Waals surface area contributed by atoms with Gasteiger partial charge in [0.25, 0.3) is 0 Å². The first kappa shape index (κ1) is 21.5. The maximum atomic E-state index is 11.5. The van der Waals surface area contributed by atoms with E-state index in [1.807, 2.05) is 0 Å². The van der Waals surface area contributed by atoms with Crippen LogP contribution in [0.25, 0.3) is 0 Å². The molecule has 1 saturated carbocycles. The number of imidazole rings is 1. The summed E-state index contributed by atoms with van der Waals surface area (Å²) in [5, 5.41) is 3.42. The summed E-state index contributed by atoms with van der Waals surface area (Å²) in [6.45, 7) is 7.41. The van der Waals surface area contributed by atoms with Gasteiger partial charge in [0.05, 0.1) is 24.6 Å². The number of carbonyl (C=O) groups excluding carboxylic acids is 1. The molecule has 0 unspecified atom stereocenters. The van der Waals surface area contributed by atoms with E-state index >= 15 is 0 Å². The Balaban J connectivity index is 1.55. The number of hydrogen-bond acceptors (Lipinski definition) is 5. The third kappa shape index (κ3) is 6.13. The Hall–Kier alpha value is -1.24. The van der Waals surface area contributed by atoms with Gasteiger partial charge in [-0.3, -0.25) is 0 Å². The molecule has 1 aromatic rings. The fourth-order valence-corrected chi connectivity index (χ4v) is 5.16. The molecule has 2 fully saturated rings. The van der Waals surface area contributed by atoms with E-state index < -0.39 is 0 Å². The minimum atomic E-state index is -0.199. The molecular weight excluding hydrogens is 352 g/mol. The summed E-state index contributed by atoms with van der Waals surface area (Å²) in [6.07, 6.45) is 12.1. The highest BCUT2D eigenvalue weighted by Crippen LogP contribution is 2.41. The maximum Gasteiger partial charge on any atom is 0.137 e. The Bertz CT molecular complexity index is 577. The molecule has 1 saturated heterocycles. The second-order valence-electron chi connectivity index (χ2n) is 9.29. The fraction of sp³-hybridized carbons (Fsp3) is 0.818. The van der Waals surface area contributed by atoms with Gasteiger partial charge in [0.15, 0.2) is 0 Å². The molecule has 1 aliphatic heterocycles. The average molecular weight is 391 g/mol. The molecule has 28 heavy (non-hydrogen) atoms. The maximum absolute atomic E-state index is 11.5. The van der Waals surface area contributed by atoms with Crippen molar-refractivity contribution in [1.82, 2.24) is 20.2 Å². The van der Waals surface area contributed by atoms with Crippen molar-refractivity contribution in [3.05, 3.63) is 18.2 Å². The van der Waals surface area contributed by atoms with Crippen LogP contribution in [0.2, 0.25) is 0 Å². The van der Waals surface area contributed by atoms with Crippen LogP contribution in [-0.4, -0.2) is 66.1 Å². The van der Waals surface area contributed by atoms with Gasteiger partial charge >= 0.3 is 0 Å². The van der Waals surface area contributed by atoms with Crippen molar-refractivity contribution in [3.63, 3.8) is 0 Å². The lowest BCUT2D eigenvalue weighted by molar-refractivity contribution is -0.127. The molecule has 2 heterocycles. The zero-order chi connectivity index (χ0) is 19.9. The molecule has 1 aliphatic carbocycles. The average Bonchev–Trinajstić information content (AvgIpc) is 3.17. The number of aldehydes is 1. The molecule has 0 amide bonds. The standard InChI is InChI=1S/C22H38N4O2/c1-16(2)12-26(3)13-22-21-7-5-4-6-17(21)8-20(28-22)11-24-19(14-27)9-18-10-23-15-25-18/h10,14-17,19-22,24H,4-9,11-13H2,1-3H3,(H,23,25)/t17-,19+,20+,21+,22+/m1/s1. The largest absolute Gasteiger partial charge is 0.372 e. The smallest absolute Gasteiger partial charge is 0.137 e. The summed E-state index contributed by atoms with van der Waals surface area (Å²) in [5.41, 5.74) is 0.981. The third-order valence-electron chi connectivity index (χ3n) is 6.31. The van der Waals surface area contributed by atoms with Gasteiger partial charge in [0.2, 0.25) is 0 Å². The Kier molecular flexibility index (Phi) is 8.06. The second kappa shape index (κ2) is 10.5. The molecule has 0 aromatic carbocycles. The van der Waals surface area contributed by atoms with Gasteiger partial charge in [-0.15, -0.1) is 0 Å². The van der Waals surface area contributed by atoms with Gasteiger partial charge in [-0.2, -0.15) is 0 Å². The molecule has 0 spiro atoms. The Labute approximate surface area is 169 Å². The van der Waals surface area contributed by atoms with Crippen LogP contribution in [0, 0.1) is 17.8 Å². The van der Waals surface area contributed by atoms with Gasteiger partial charge in [0, 0.05) is 37.9 Å². The lowest BCUT2D eigenvalue weighted by atomic mass is 9.71. The molecule has 6 nitrogen and oxygen atoms in total. The SMILES string of the molecule is CC(C)CN(C)C[C@@H]1O[C@H](CN[C@H](C=O)Cc2cnc[nH]2)C[C@H]2CCCC[C@@H]21. The second-order valence-corrected chi connectivity index (χ2v) is 9.29. The van der Waals surface area contributed by atoms with E-state index in [1.165, 1.54) is 25.7 Å². The molecular formula is C22H38N4O2. The number of fused-ring (bicyclic) bond motifs is 1. The molecule has 6 heteroatoms. The van der Waals surface area contributed by atoms with Crippen LogP contribution in [-0.2, 0) is 16.0 Å². The summed E-state index contributed by atoms with van der Waals surface area (Å²) in [6, 6.07) is -0.199. The van der Waals surface area contributed by atoms with Gasteiger partial charge in [-0.1, -0.05) is 26.7 Å². The van der Waals surface area contributed by atoms with E-state index in [-0.39, 0.29) is 12.1 Å². The number of aromatic nitrogens is 2. The van der Waals surface area contributed by atoms with Gasteiger partial charge in [-0.25, -0.2) is 4.98 Å². The zero-order valence-corrected chi connectivity index (χ0v) is 17.8. The zero-order valence-electron chi connectivity index (χ0n) is 17.8. The molecule has 5 atom stereocenters. The summed E-state index contributed by atoms with van der Waals surface area (Å²) < 4.78 is 6.60. The summed E-state index contributed by atoms with van der Waals surface area (Å²) in [5.74, 6) is 2.14. The van der Waals surface area contributed by atoms with Crippen LogP contribution in [0.5, 0.6) is 0 Å². The van der Waals surface area contributed by atoms with E-state index in [0.717, 1.165) is 44.0 Å². The van der Waals surface area contributed by atoms with Crippen LogP contribution in [0.15, 0.2) is 12.5 Å². The predicted molar refractivity (Wildman–Crippen MR) is 111 cm³/mol. The molecule has 2 N–H and O–H groups in total. The number of carbonyl (C=O) groups is 1. The van der Waals surface area contributed by atoms with Crippen molar-refractivity contribution in [2.75, 3.05) is 26.7 Å². The number of aromatic amines is 1.